The number of aromatic nitrogens is 1. The highest BCUT2D eigenvalue weighted by Crippen LogP contribution is 2.58. The maximum absolute atomic E-state index is 14.0. The minimum atomic E-state index is -2.92. The summed E-state index contributed by atoms with van der Waals surface area (Å²) in [6.45, 7) is 6.60. The van der Waals surface area contributed by atoms with E-state index >= 15 is 0 Å². The quantitative estimate of drug-likeness (QED) is 0.352. The van der Waals surface area contributed by atoms with Gasteiger partial charge in [-0.3, -0.25) is 4.99 Å². The monoisotopic (exact) mass is 484 g/mol. The van der Waals surface area contributed by atoms with Crippen molar-refractivity contribution in [1.82, 2.24) is 10.3 Å². The number of allylic oxidation sites excluding steroid dienone is 3. The Kier molecular flexibility index (Phi) is 7.87. The number of hydrogen-bond acceptors (Lipinski definition) is 5. The summed E-state index contributed by atoms with van der Waals surface area (Å²) in [5.74, 6) is -1.60. The number of aliphatic imine (C=N–C) groups is 2. The average molecular weight is 485 g/mol. The molecule has 1 saturated carbocycles. The number of ether oxygens (including phenoxy) is 1. The second-order valence-corrected chi connectivity index (χ2v) is 8.99. The molecule has 35 heavy (non-hydrogen) atoms. The third-order valence-corrected chi connectivity index (χ3v) is 6.31. The SMILES string of the molecule is C/C=C(\NC(C)=NC(CC(=N)C1(C(C)(F)F)CC1)=NC)c1ccc(N2C=CCC(C)=C2)c(OC)n1. The number of methoxy groups -OCH3 is 1. The molecule has 1 aliphatic carbocycles. The number of amidine groups is 2. The number of anilines is 1. The lowest BCUT2D eigenvalue weighted by Crippen LogP contribution is -2.34. The molecule has 1 aliphatic heterocycles. The van der Waals surface area contributed by atoms with Crippen LogP contribution in [0.25, 0.3) is 5.70 Å². The van der Waals surface area contributed by atoms with E-state index in [0.29, 0.717) is 41.8 Å². The molecule has 2 heterocycles. The van der Waals surface area contributed by atoms with E-state index in [1.54, 1.807) is 21.1 Å². The van der Waals surface area contributed by atoms with Crippen molar-refractivity contribution in [3.05, 3.63) is 48.0 Å². The van der Waals surface area contributed by atoms with E-state index in [9.17, 15) is 8.78 Å². The van der Waals surface area contributed by atoms with Crippen molar-refractivity contribution >= 4 is 28.8 Å². The van der Waals surface area contributed by atoms with Gasteiger partial charge in [-0.2, -0.15) is 0 Å². The normalized spacial score (nSPS) is 18.3. The summed E-state index contributed by atoms with van der Waals surface area (Å²) in [4.78, 5) is 15.2. The highest BCUT2D eigenvalue weighted by atomic mass is 19.3. The van der Waals surface area contributed by atoms with Crippen molar-refractivity contribution in [2.45, 2.75) is 59.3 Å². The van der Waals surface area contributed by atoms with Crippen molar-refractivity contribution < 1.29 is 13.5 Å². The van der Waals surface area contributed by atoms with Crippen molar-refractivity contribution in [3.8, 4) is 5.88 Å². The van der Waals surface area contributed by atoms with Crippen LogP contribution in [0.3, 0.4) is 0 Å². The molecule has 0 bridgehead atoms. The maximum Gasteiger partial charge on any atom is 0.256 e. The van der Waals surface area contributed by atoms with Crippen LogP contribution in [0, 0.1) is 10.8 Å². The smallest absolute Gasteiger partial charge is 0.256 e. The van der Waals surface area contributed by atoms with Crippen LogP contribution in [-0.2, 0) is 0 Å². The molecule has 1 aromatic rings. The Bertz CT molecular complexity index is 1120. The number of nitrogens with one attached hydrogen (secondary N) is 2. The van der Waals surface area contributed by atoms with Gasteiger partial charge in [-0.25, -0.2) is 18.8 Å². The molecule has 0 aromatic carbocycles. The predicted molar refractivity (Wildman–Crippen MR) is 139 cm³/mol. The summed E-state index contributed by atoms with van der Waals surface area (Å²) < 4.78 is 33.6. The molecule has 1 aromatic heterocycles. The molecule has 1 fully saturated rings. The largest absolute Gasteiger partial charge is 0.479 e. The van der Waals surface area contributed by atoms with E-state index in [-0.39, 0.29) is 12.1 Å². The van der Waals surface area contributed by atoms with Crippen LogP contribution in [-0.4, -0.2) is 42.4 Å². The second kappa shape index (κ2) is 10.5. The average Bonchev–Trinajstić information content (AvgIpc) is 3.64. The molecular weight excluding hydrogens is 450 g/mol. The topological polar surface area (TPSA) is 86.0 Å². The van der Waals surface area contributed by atoms with Gasteiger partial charge in [-0.15, -0.1) is 0 Å². The number of pyridine rings is 1. The highest BCUT2D eigenvalue weighted by molar-refractivity contribution is 6.10. The Morgan fingerprint density at radius 2 is 2.09 bits per heavy atom. The van der Waals surface area contributed by atoms with Crippen LogP contribution < -0.4 is 15.0 Å². The second-order valence-electron chi connectivity index (χ2n) is 8.99. The fourth-order valence-corrected chi connectivity index (χ4v) is 4.09. The summed E-state index contributed by atoms with van der Waals surface area (Å²) in [6.07, 6.45) is 9.54. The van der Waals surface area contributed by atoms with Gasteiger partial charge >= 0.3 is 0 Å². The Morgan fingerprint density at radius 3 is 2.63 bits per heavy atom. The standard InChI is InChI=1S/C26H34F2N6O/c1-7-19(20-10-11-21(24(33-20)35-6)34-14-8-9-17(2)16-34)31-18(3)32-23(30-5)15-22(29)26(12-13-26)25(4,27)28/h7-8,10-11,14,16,29H,9,12-13,15H2,1-6H3,(H,30,31,32)/b19-7-,29-22?. The molecule has 7 nitrogen and oxygen atoms in total. The van der Waals surface area contributed by atoms with Gasteiger partial charge in [0.15, 0.2) is 0 Å². The minimum absolute atomic E-state index is 0.0127. The Morgan fingerprint density at radius 1 is 1.37 bits per heavy atom. The first-order valence-corrected chi connectivity index (χ1v) is 11.6. The molecule has 3 rings (SSSR count). The van der Waals surface area contributed by atoms with Crippen LogP contribution in [0.2, 0.25) is 0 Å². The molecule has 9 heteroatoms. The predicted octanol–water partition coefficient (Wildman–Crippen LogP) is 5.96. The third kappa shape index (κ3) is 5.83. The summed E-state index contributed by atoms with van der Waals surface area (Å²) in [6, 6.07) is 3.84. The molecule has 0 spiro atoms. The summed E-state index contributed by atoms with van der Waals surface area (Å²) in [5, 5.41) is 11.5. The number of hydrogen-bond donors (Lipinski definition) is 2. The number of nitrogens with zero attached hydrogens (tertiary/aromatic N) is 4. The van der Waals surface area contributed by atoms with Gasteiger partial charge < -0.3 is 20.4 Å². The van der Waals surface area contributed by atoms with Gasteiger partial charge in [0.05, 0.1) is 23.9 Å². The van der Waals surface area contributed by atoms with Crippen molar-refractivity contribution in [3.63, 3.8) is 0 Å². The maximum atomic E-state index is 14.0. The van der Waals surface area contributed by atoms with Gasteiger partial charge in [0.2, 0.25) is 5.88 Å². The summed E-state index contributed by atoms with van der Waals surface area (Å²) >= 11 is 0. The van der Waals surface area contributed by atoms with Crippen LogP contribution in [0.4, 0.5) is 14.5 Å². The molecule has 0 amide bonds. The zero-order valence-electron chi connectivity index (χ0n) is 21.2. The number of alkyl halides is 2. The van der Waals surface area contributed by atoms with Gasteiger partial charge in [-0.1, -0.05) is 17.7 Å². The Hall–Kier alpha value is -3.36. The van der Waals surface area contributed by atoms with Crippen LogP contribution in [0.1, 0.15) is 59.1 Å². The lowest BCUT2D eigenvalue weighted by atomic mass is 9.91. The van der Waals surface area contributed by atoms with E-state index in [4.69, 9.17) is 10.1 Å². The van der Waals surface area contributed by atoms with E-state index in [1.807, 2.05) is 42.4 Å². The zero-order valence-corrected chi connectivity index (χ0v) is 21.2. The fourth-order valence-electron chi connectivity index (χ4n) is 4.09. The van der Waals surface area contributed by atoms with Crippen LogP contribution >= 0.6 is 0 Å². The molecule has 0 saturated heterocycles. The summed E-state index contributed by atoms with van der Waals surface area (Å²) in [5.41, 5.74) is 2.06. The molecule has 0 atom stereocenters. The third-order valence-electron chi connectivity index (χ3n) is 6.31. The first-order chi connectivity index (χ1) is 16.5. The first kappa shape index (κ1) is 26.2. The van der Waals surface area contributed by atoms with E-state index < -0.39 is 11.3 Å². The number of halogens is 2. The van der Waals surface area contributed by atoms with Crippen LogP contribution in [0.5, 0.6) is 5.88 Å². The molecule has 2 N–H and O–H groups in total. The van der Waals surface area contributed by atoms with Gasteiger partial charge in [-0.05, 0) is 52.2 Å². The minimum Gasteiger partial charge on any atom is -0.479 e. The Labute approximate surface area is 205 Å². The summed E-state index contributed by atoms with van der Waals surface area (Å²) in [7, 11) is 3.14. The van der Waals surface area contributed by atoms with Crippen molar-refractivity contribution in [2.75, 3.05) is 19.1 Å². The first-order valence-electron chi connectivity index (χ1n) is 11.6. The van der Waals surface area contributed by atoms with E-state index in [0.717, 1.165) is 19.0 Å². The number of rotatable bonds is 8. The zero-order chi connectivity index (χ0) is 25.8. The molecule has 0 unspecified atom stereocenters. The molecule has 2 aliphatic rings. The Balaban J connectivity index is 1.75. The van der Waals surface area contributed by atoms with E-state index in [1.165, 1.54) is 5.57 Å². The molecular formula is C26H34F2N6O. The van der Waals surface area contributed by atoms with Gasteiger partial charge in [0, 0.05) is 38.5 Å². The van der Waals surface area contributed by atoms with Crippen molar-refractivity contribution in [2.24, 2.45) is 15.4 Å². The van der Waals surface area contributed by atoms with E-state index in [2.05, 4.69) is 33.3 Å². The van der Waals surface area contributed by atoms with Gasteiger partial charge in [0.25, 0.3) is 5.92 Å². The van der Waals surface area contributed by atoms with Crippen LogP contribution in [0.15, 0.2) is 52.2 Å². The lowest BCUT2D eigenvalue weighted by molar-refractivity contribution is -0.0258. The fraction of sp³-hybridized carbons (Fsp3) is 0.462. The molecule has 0 radical (unpaired) electrons. The van der Waals surface area contributed by atoms with Gasteiger partial charge in [0.1, 0.15) is 17.4 Å². The lowest BCUT2D eigenvalue weighted by Gasteiger charge is -2.23. The van der Waals surface area contributed by atoms with Crippen molar-refractivity contribution in [1.29, 1.82) is 5.41 Å². The highest BCUT2D eigenvalue weighted by Gasteiger charge is 2.61. The molecule has 188 valence electrons.